The predicted octanol–water partition coefficient (Wildman–Crippen LogP) is 0.515. The smallest absolute Gasteiger partial charge is 0.133 e. The van der Waals surface area contributed by atoms with E-state index in [2.05, 4.69) is 5.32 Å². The highest BCUT2D eigenvalue weighted by molar-refractivity contribution is 5.61. The second-order valence-corrected chi connectivity index (χ2v) is 3.33. The Balaban J connectivity index is 2.37. The first kappa shape index (κ1) is 9.30. The largest absolute Gasteiger partial charge is 0.497 e. The van der Waals surface area contributed by atoms with Crippen LogP contribution in [0.15, 0.2) is 18.2 Å². The van der Waals surface area contributed by atoms with Gasteiger partial charge in [-0.2, -0.15) is 0 Å². The number of hydrogen-bond acceptors (Lipinski definition) is 4. The standard InChI is InChI=1S/C10H13NO3/c1-14-6-2-3-7-8(5-12)10(13)11-9(7)4-6/h2-4,8,10-13H,5H2,1H3. The third kappa shape index (κ3) is 1.32. The number of aliphatic hydroxyl groups is 2. The van der Waals surface area contributed by atoms with Crippen molar-refractivity contribution < 1.29 is 14.9 Å². The minimum atomic E-state index is -0.706. The number of benzene rings is 1. The van der Waals surface area contributed by atoms with Crippen LogP contribution in [0.4, 0.5) is 5.69 Å². The monoisotopic (exact) mass is 195 g/mol. The molecule has 4 nitrogen and oxygen atoms in total. The van der Waals surface area contributed by atoms with Crippen LogP contribution in [-0.2, 0) is 0 Å². The van der Waals surface area contributed by atoms with Gasteiger partial charge in [-0.25, -0.2) is 0 Å². The number of rotatable bonds is 2. The fourth-order valence-electron chi connectivity index (χ4n) is 1.74. The van der Waals surface area contributed by atoms with Crippen molar-refractivity contribution in [3.8, 4) is 5.75 Å². The maximum atomic E-state index is 9.56. The Hall–Kier alpha value is -1.26. The van der Waals surface area contributed by atoms with Gasteiger partial charge in [0, 0.05) is 11.8 Å². The first-order valence-corrected chi connectivity index (χ1v) is 4.49. The second-order valence-electron chi connectivity index (χ2n) is 3.33. The molecule has 0 bridgehead atoms. The van der Waals surface area contributed by atoms with Gasteiger partial charge in [0.2, 0.25) is 0 Å². The lowest BCUT2D eigenvalue weighted by molar-refractivity contribution is 0.136. The van der Waals surface area contributed by atoms with Crippen molar-refractivity contribution in [2.24, 2.45) is 0 Å². The molecule has 1 aliphatic rings. The zero-order valence-corrected chi connectivity index (χ0v) is 7.90. The molecule has 3 N–H and O–H groups in total. The van der Waals surface area contributed by atoms with Crippen molar-refractivity contribution in [3.05, 3.63) is 23.8 Å². The number of ether oxygens (including phenoxy) is 1. The van der Waals surface area contributed by atoms with E-state index in [1.165, 1.54) is 0 Å². The fraction of sp³-hybridized carbons (Fsp3) is 0.400. The molecule has 0 aliphatic carbocycles. The van der Waals surface area contributed by atoms with Gasteiger partial charge in [0.25, 0.3) is 0 Å². The van der Waals surface area contributed by atoms with Gasteiger partial charge in [-0.1, -0.05) is 6.07 Å². The number of hydrogen-bond donors (Lipinski definition) is 3. The predicted molar refractivity (Wildman–Crippen MR) is 52.5 cm³/mol. The Bertz CT molecular complexity index is 340. The summed E-state index contributed by atoms with van der Waals surface area (Å²) in [6, 6.07) is 5.49. The zero-order valence-electron chi connectivity index (χ0n) is 7.90. The fourth-order valence-corrected chi connectivity index (χ4v) is 1.74. The average molecular weight is 195 g/mol. The van der Waals surface area contributed by atoms with Crippen molar-refractivity contribution in [1.29, 1.82) is 0 Å². The van der Waals surface area contributed by atoms with E-state index in [-0.39, 0.29) is 12.5 Å². The molecule has 1 aliphatic heterocycles. The quantitative estimate of drug-likeness (QED) is 0.643. The molecule has 0 saturated carbocycles. The lowest BCUT2D eigenvalue weighted by Crippen LogP contribution is -2.21. The van der Waals surface area contributed by atoms with Gasteiger partial charge in [0.05, 0.1) is 19.6 Å². The van der Waals surface area contributed by atoms with Gasteiger partial charge in [0.1, 0.15) is 12.0 Å². The van der Waals surface area contributed by atoms with Crippen LogP contribution in [0.1, 0.15) is 11.5 Å². The third-order valence-corrected chi connectivity index (χ3v) is 2.54. The van der Waals surface area contributed by atoms with Crippen molar-refractivity contribution in [3.63, 3.8) is 0 Å². The van der Waals surface area contributed by atoms with Crippen LogP contribution in [0, 0.1) is 0 Å². The van der Waals surface area contributed by atoms with Crippen molar-refractivity contribution in [1.82, 2.24) is 0 Å². The molecule has 1 aromatic carbocycles. The van der Waals surface area contributed by atoms with Crippen molar-refractivity contribution in [2.45, 2.75) is 12.1 Å². The van der Waals surface area contributed by atoms with Crippen LogP contribution < -0.4 is 10.1 Å². The SMILES string of the molecule is COc1ccc2c(c1)NC(O)C2CO. The van der Waals surface area contributed by atoms with E-state index >= 15 is 0 Å². The summed E-state index contributed by atoms with van der Waals surface area (Å²) in [5, 5.41) is 21.5. The van der Waals surface area contributed by atoms with Crippen molar-refractivity contribution in [2.75, 3.05) is 19.0 Å². The summed E-state index contributed by atoms with van der Waals surface area (Å²) in [6.45, 7) is -0.0620. The number of aliphatic hydroxyl groups excluding tert-OH is 2. The highest BCUT2D eigenvalue weighted by Gasteiger charge is 2.29. The second kappa shape index (κ2) is 3.48. The van der Waals surface area contributed by atoms with Crippen LogP contribution in [0.25, 0.3) is 0 Å². The molecule has 2 rings (SSSR count). The summed E-state index contributed by atoms with van der Waals surface area (Å²) < 4.78 is 5.06. The highest BCUT2D eigenvalue weighted by atomic mass is 16.5. The topological polar surface area (TPSA) is 61.7 Å². The highest BCUT2D eigenvalue weighted by Crippen LogP contribution is 2.36. The number of nitrogens with one attached hydrogen (secondary N) is 1. The summed E-state index contributed by atoms with van der Waals surface area (Å²) in [4.78, 5) is 0. The minimum Gasteiger partial charge on any atom is -0.497 e. The molecule has 4 heteroatoms. The molecular formula is C10H13NO3. The van der Waals surface area contributed by atoms with Gasteiger partial charge in [-0.15, -0.1) is 0 Å². The Morgan fingerprint density at radius 2 is 2.29 bits per heavy atom. The molecule has 0 amide bonds. The van der Waals surface area contributed by atoms with E-state index in [1.54, 1.807) is 7.11 Å². The van der Waals surface area contributed by atoms with E-state index in [0.717, 1.165) is 17.0 Å². The summed E-state index contributed by atoms with van der Waals surface area (Å²) in [5.74, 6) is 0.498. The molecule has 0 aromatic heterocycles. The molecule has 0 fully saturated rings. The number of anilines is 1. The molecule has 76 valence electrons. The number of fused-ring (bicyclic) bond motifs is 1. The van der Waals surface area contributed by atoms with E-state index < -0.39 is 6.23 Å². The Morgan fingerprint density at radius 3 is 2.93 bits per heavy atom. The van der Waals surface area contributed by atoms with Crippen LogP contribution in [0.2, 0.25) is 0 Å². The first-order valence-electron chi connectivity index (χ1n) is 4.49. The van der Waals surface area contributed by atoms with E-state index in [4.69, 9.17) is 9.84 Å². The molecule has 0 saturated heterocycles. The van der Waals surface area contributed by atoms with Gasteiger partial charge >= 0.3 is 0 Å². The van der Waals surface area contributed by atoms with Crippen LogP contribution in [0.3, 0.4) is 0 Å². The Morgan fingerprint density at radius 1 is 1.50 bits per heavy atom. The summed E-state index contributed by atoms with van der Waals surface area (Å²) >= 11 is 0. The Kier molecular flexibility index (Phi) is 2.31. The summed E-state index contributed by atoms with van der Waals surface area (Å²) in [7, 11) is 1.59. The van der Waals surface area contributed by atoms with Gasteiger partial charge in [-0.3, -0.25) is 0 Å². The van der Waals surface area contributed by atoms with E-state index in [1.807, 2.05) is 18.2 Å². The van der Waals surface area contributed by atoms with Gasteiger partial charge in [-0.05, 0) is 11.6 Å². The average Bonchev–Trinajstić information content (AvgIpc) is 2.51. The van der Waals surface area contributed by atoms with Crippen LogP contribution in [0.5, 0.6) is 5.75 Å². The zero-order chi connectivity index (χ0) is 10.1. The molecule has 1 aromatic rings. The van der Waals surface area contributed by atoms with E-state index in [0.29, 0.717) is 0 Å². The lowest BCUT2D eigenvalue weighted by atomic mass is 10.0. The molecule has 2 atom stereocenters. The maximum Gasteiger partial charge on any atom is 0.133 e. The van der Waals surface area contributed by atoms with Crippen LogP contribution in [-0.4, -0.2) is 30.2 Å². The molecule has 14 heavy (non-hydrogen) atoms. The minimum absolute atomic E-state index is 0.0620. The molecular weight excluding hydrogens is 182 g/mol. The van der Waals surface area contributed by atoms with Gasteiger partial charge < -0.3 is 20.3 Å². The maximum absolute atomic E-state index is 9.56. The van der Waals surface area contributed by atoms with Crippen LogP contribution >= 0.6 is 0 Å². The summed E-state index contributed by atoms with van der Waals surface area (Å²) in [6.07, 6.45) is -0.706. The van der Waals surface area contributed by atoms with Gasteiger partial charge in [0.15, 0.2) is 0 Å². The van der Waals surface area contributed by atoms with Crippen molar-refractivity contribution >= 4 is 5.69 Å². The molecule has 1 heterocycles. The molecule has 0 radical (unpaired) electrons. The molecule has 2 unspecified atom stereocenters. The lowest BCUT2D eigenvalue weighted by Gasteiger charge is -2.10. The number of methoxy groups -OCH3 is 1. The first-order chi connectivity index (χ1) is 6.76. The van der Waals surface area contributed by atoms with E-state index in [9.17, 15) is 5.11 Å². The third-order valence-electron chi connectivity index (χ3n) is 2.54. The summed E-state index contributed by atoms with van der Waals surface area (Å²) in [5.41, 5.74) is 1.76. The normalized spacial score (nSPS) is 24.2. The molecule has 0 spiro atoms. The Labute approximate surface area is 82.1 Å².